The van der Waals surface area contributed by atoms with E-state index in [1.54, 1.807) is 0 Å². The number of aromatic nitrogens is 2. The molecule has 0 aromatic carbocycles. The molecule has 0 spiro atoms. The van der Waals surface area contributed by atoms with Crippen molar-refractivity contribution in [2.24, 2.45) is 5.92 Å². The van der Waals surface area contributed by atoms with E-state index in [4.69, 9.17) is 0 Å². The van der Waals surface area contributed by atoms with E-state index in [-0.39, 0.29) is 0 Å². The maximum atomic E-state index is 4.43. The van der Waals surface area contributed by atoms with Crippen LogP contribution in [-0.2, 0) is 6.42 Å². The van der Waals surface area contributed by atoms with Crippen LogP contribution < -0.4 is 0 Å². The number of rotatable bonds is 2. The third-order valence-corrected chi connectivity index (χ3v) is 0.957. The molecule has 0 amide bonds. The normalized spacial score (nSPS) is 10.6. The first-order valence-corrected chi connectivity index (χ1v) is 2.97. The zero-order valence-electron chi connectivity index (χ0n) is 5.59. The van der Waals surface area contributed by atoms with Gasteiger partial charge in [-0.25, -0.2) is 0 Å². The average Bonchev–Trinajstić information content (AvgIpc) is 2.15. The highest BCUT2D eigenvalue weighted by atomic mass is 16.5. The van der Waals surface area contributed by atoms with Crippen molar-refractivity contribution in [3.63, 3.8) is 0 Å². The van der Waals surface area contributed by atoms with Crippen molar-refractivity contribution in [1.82, 2.24) is 10.1 Å². The van der Waals surface area contributed by atoms with Gasteiger partial charge in [-0.2, -0.15) is 4.98 Å². The molecule has 1 heterocycles. The van der Waals surface area contributed by atoms with Crippen LogP contribution >= 0.6 is 0 Å². The van der Waals surface area contributed by atoms with Crippen LogP contribution in [0.2, 0.25) is 0 Å². The summed E-state index contributed by atoms with van der Waals surface area (Å²) in [6, 6.07) is 0. The van der Waals surface area contributed by atoms with E-state index >= 15 is 0 Å². The van der Waals surface area contributed by atoms with Crippen molar-refractivity contribution in [2.45, 2.75) is 20.3 Å². The summed E-state index contributed by atoms with van der Waals surface area (Å²) < 4.78 is 4.43. The molecule has 3 heteroatoms. The van der Waals surface area contributed by atoms with Gasteiger partial charge in [-0.1, -0.05) is 19.0 Å². The SMILES string of the molecule is CC(C)Cc1n[c]on1. The maximum absolute atomic E-state index is 4.43. The Morgan fingerprint density at radius 1 is 1.67 bits per heavy atom. The van der Waals surface area contributed by atoms with Gasteiger partial charge in [0.25, 0.3) is 0 Å². The van der Waals surface area contributed by atoms with Crippen LogP contribution in [0.3, 0.4) is 0 Å². The van der Waals surface area contributed by atoms with Crippen LogP contribution in [0.5, 0.6) is 0 Å². The first-order chi connectivity index (χ1) is 4.29. The molecule has 0 saturated carbocycles. The molecule has 1 aromatic rings. The summed E-state index contributed by atoms with van der Waals surface area (Å²) in [5.41, 5.74) is 0. The van der Waals surface area contributed by atoms with Crippen molar-refractivity contribution < 1.29 is 4.52 Å². The van der Waals surface area contributed by atoms with Crippen molar-refractivity contribution in [1.29, 1.82) is 0 Å². The highest BCUT2D eigenvalue weighted by molar-refractivity contribution is 4.77. The Hall–Kier alpha value is -0.860. The molecule has 0 saturated heterocycles. The van der Waals surface area contributed by atoms with E-state index in [1.165, 1.54) is 0 Å². The van der Waals surface area contributed by atoms with Gasteiger partial charge >= 0.3 is 6.39 Å². The second-order valence-electron chi connectivity index (χ2n) is 2.40. The Morgan fingerprint density at radius 3 is 2.89 bits per heavy atom. The van der Waals surface area contributed by atoms with Crippen molar-refractivity contribution >= 4 is 0 Å². The lowest BCUT2D eigenvalue weighted by Gasteiger charge is -1.95. The Balaban J connectivity index is 2.48. The number of hydrogen-bond acceptors (Lipinski definition) is 3. The molecule has 1 radical (unpaired) electrons. The predicted octanol–water partition coefficient (Wildman–Crippen LogP) is 1.07. The van der Waals surface area contributed by atoms with Crippen molar-refractivity contribution in [3.05, 3.63) is 12.2 Å². The second-order valence-corrected chi connectivity index (χ2v) is 2.40. The Morgan fingerprint density at radius 2 is 2.44 bits per heavy atom. The molecule has 0 bridgehead atoms. The Labute approximate surface area is 54.1 Å². The monoisotopic (exact) mass is 125 g/mol. The lowest BCUT2D eigenvalue weighted by atomic mass is 10.1. The second kappa shape index (κ2) is 2.62. The van der Waals surface area contributed by atoms with Gasteiger partial charge in [0.05, 0.1) is 0 Å². The quantitative estimate of drug-likeness (QED) is 0.593. The van der Waals surface area contributed by atoms with E-state index in [9.17, 15) is 0 Å². The van der Waals surface area contributed by atoms with Crippen molar-refractivity contribution in [3.8, 4) is 0 Å². The maximum Gasteiger partial charge on any atom is 0.316 e. The molecular weight excluding hydrogens is 116 g/mol. The average molecular weight is 125 g/mol. The Bertz CT molecular complexity index is 158. The zero-order chi connectivity index (χ0) is 6.69. The molecule has 0 aliphatic rings. The largest absolute Gasteiger partial charge is 0.329 e. The smallest absolute Gasteiger partial charge is 0.316 e. The van der Waals surface area contributed by atoms with Crippen LogP contribution in [0.4, 0.5) is 0 Å². The molecule has 9 heavy (non-hydrogen) atoms. The van der Waals surface area contributed by atoms with Crippen molar-refractivity contribution in [2.75, 3.05) is 0 Å². The van der Waals surface area contributed by atoms with Gasteiger partial charge in [0.15, 0.2) is 5.82 Å². The fraction of sp³-hybridized carbons (Fsp3) is 0.667. The Kier molecular flexibility index (Phi) is 1.82. The van der Waals surface area contributed by atoms with Gasteiger partial charge in [-0.3, -0.25) is 0 Å². The highest BCUT2D eigenvalue weighted by Crippen LogP contribution is 2.00. The van der Waals surface area contributed by atoms with Gasteiger partial charge in [0.2, 0.25) is 0 Å². The van der Waals surface area contributed by atoms with Gasteiger partial charge in [-0.15, -0.1) is 0 Å². The zero-order valence-corrected chi connectivity index (χ0v) is 5.59. The summed E-state index contributed by atoms with van der Waals surface area (Å²) in [5, 5.41) is 3.61. The van der Waals surface area contributed by atoms with Crippen LogP contribution in [0, 0.1) is 12.3 Å². The summed E-state index contributed by atoms with van der Waals surface area (Å²) in [7, 11) is 0. The first kappa shape index (κ1) is 6.26. The molecule has 0 N–H and O–H groups in total. The van der Waals surface area contributed by atoms with Crippen LogP contribution in [0.15, 0.2) is 4.52 Å². The molecule has 0 fully saturated rings. The van der Waals surface area contributed by atoms with E-state index < -0.39 is 0 Å². The molecule has 0 atom stereocenters. The van der Waals surface area contributed by atoms with E-state index in [2.05, 4.69) is 34.9 Å². The molecule has 0 unspecified atom stereocenters. The summed E-state index contributed by atoms with van der Waals surface area (Å²) >= 11 is 0. The minimum atomic E-state index is 0.580. The van der Waals surface area contributed by atoms with Gasteiger partial charge in [0.1, 0.15) is 0 Å². The topological polar surface area (TPSA) is 38.9 Å². The lowest BCUT2D eigenvalue weighted by molar-refractivity contribution is 0.399. The van der Waals surface area contributed by atoms with E-state index in [0.29, 0.717) is 5.92 Å². The van der Waals surface area contributed by atoms with E-state index in [1.807, 2.05) is 0 Å². The van der Waals surface area contributed by atoms with Crippen LogP contribution in [-0.4, -0.2) is 10.1 Å². The van der Waals surface area contributed by atoms with Gasteiger partial charge in [-0.05, 0) is 5.92 Å². The first-order valence-electron chi connectivity index (χ1n) is 2.97. The molecule has 0 aliphatic heterocycles. The standard InChI is InChI=1S/C6H9N2O/c1-5(2)3-6-7-4-9-8-6/h5H,3H2,1-2H3. The molecule has 0 aliphatic carbocycles. The third kappa shape index (κ3) is 1.83. The predicted molar refractivity (Wildman–Crippen MR) is 31.7 cm³/mol. The third-order valence-electron chi connectivity index (χ3n) is 0.957. The van der Waals surface area contributed by atoms with Gasteiger partial charge < -0.3 is 4.52 Å². The minimum absolute atomic E-state index is 0.580. The number of nitrogens with zero attached hydrogens (tertiary/aromatic N) is 2. The summed E-state index contributed by atoms with van der Waals surface area (Å²) in [6.07, 6.45) is 3.17. The fourth-order valence-electron chi connectivity index (χ4n) is 0.615. The molecule has 3 nitrogen and oxygen atoms in total. The van der Waals surface area contributed by atoms with Crippen LogP contribution in [0.1, 0.15) is 19.7 Å². The highest BCUT2D eigenvalue weighted by Gasteiger charge is 2.00. The minimum Gasteiger partial charge on any atom is -0.329 e. The lowest BCUT2D eigenvalue weighted by Crippen LogP contribution is -1.95. The molecule has 49 valence electrons. The molecule has 1 rings (SSSR count). The van der Waals surface area contributed by atoms with Gasteiger partial charge in [0, 0.05) is 6.42 Å². The molecule has 1 aromatic heterocycles. The van der Waals surface area contributed by atoms with Crippen LogP contribution in [0.25, 0.3) is 0 Å². The number of hydrogen-bond donors (Lipinski definition) is 0. The summed E-state index contributed by atoms with van der Waals surface area (Å²) in [6.45, 7) is 4.22. The van der Waals surface area contributed by atoms with E-state index in [0.717, 1.165) is 12.2 Å². The fourth-order valence-corrected chi connectivity index (χ4v) is 0.615. The molecular formula is C6H9N2O. The summed E-state index contributed by atoms with van der Waals surface area (Å²) in [5.74, 6) is 1.32. The summed E-state index contributed by atoms with van der Waals surface area (Å²) in [4.78, 5) is 3.75.